The van der Waals surface area contributed by atoms with Crippen LogP contribution < -0.4 is 0 Å². The van der Waals surface area contributed by atoms with E-state index >= 15 is 0 Å². The smallest absolute Gasteiger partial charge is 0.233 e. The molecule has 0 radical (unpaired) electrons. The van der Waals surface area contributed by atoms with E-state index in [1.807, 2.05) is 36.4 Å². The lowest BCUT2D eigenvalue weighted by Crippen LogP contribution is -2.47. The number of hydrogen-bond donors (Lipinski definition) is 1. The van der Waals surface area contributed by atoms with E-state index in [2.05, 4.69) is 23.6 Å². The molecule has 0 aromatic heterocycles. The van der Waals surface area contributed by atoms with Crippen molar-refractivity contribution in [1.29, 1.82) is 0 Å². The number of imide groups is 1. The van der Waals surface area contributed by atoms with Crippen LogP contribution in [0.15, 0.2) is 95.6 Å². The van der Waals surface area contributed by atoms with Gasteiger partial charge >= 0.3 is 0 Å². The Labute approximate surface area is 263 Å². The molecule has 2 aliphatic heterocycles. The van der Waals surface area contributed by atoms with E-state index in [1.54, 1.807) is 24.0 Å². The fraction of sp³-hybridized carbons (Fsp3) is 0.368. The van der Waals surface area contributed by atoms with Crippen molar-refractivity contribution in [3.8, 4) is 5.75 Å². The summed E-state index contributed by atoms with van der Waals surface area (Å²) in [7, 11) is 0. The summed E-state index contributed by atoms with van der Waals surface area (Å²) in [4.78, 5) is 59.3. The van der Waals surface area contributed by atoms with Crippen molar-refractivity contribution < 1.29 is 24.3 Å². The van der Waals surface area contributed by atoms with Gasteiger partial charge in [-0.15, -0.1) is 6.58 Å². The van der Waals surface area contributed by atoms with Crippen LogP contribution in [-0.2, 0) is 32.1 Å². The van der Waals surface area contributed by atoms with Crippen LogP contribution in [0.1, 0.15) is 55.2 Å². The molecule has 4 atom stereocenters. The highest BCUT2D eigenvalue weighted by Crippen LogP contribution is 2.56. The van der Waals surface area contributed by atoms with E-state index in [9.17, 15) is 24.3 Å². The summed E-state index contributed by atoms with van der Waals surface area (Å²) >= 11 is 0. The lowest BCUT2D eigenvalue weighted by atomic mass is 9.59. The van der Waals surface area contributed by atoms with Crippen LogP contribution in [0.4, 0.5) is 0 Å². The molecule has 0 bridgehead atoms. The molecule has 2 heterocycles. The number of hydrogen-bond acceptors (Lipinski definition) is 6. The van der Waals surface area contributed by atoms with Crippen LogP contribution in [0.25, 0.3) is 0 Å². The number of aromatic hydroxyl groups is 1. The number of piperidine rings is 1. The molecular formula is C38H38N2O5. The third-order valence-corrected chi connectivity index (χ3v) is 10.6. The number of ketones is 2. The van der Waals surface area contributed by atoms with Crippen LogP contribution >= 0.6 is 0 Å². The average Bonchev–Trinajstić information content (AvgIpc) is 3.30. The SMILES string of the molecule is C=CCc1cccc([C@H]2C3=CC[C@@H]4C(=O)N(C5CCN(Cc6ccccc6)CC5)C(=O)[C@@H]4[C@@H]3CC3=C2C(=O)C=C(C)C3=O)c1O. The Balaban J connectivity index is 1.20. The Kier molecular flexibility index (Phi) is 7.52. The van der Waals surface area contributed by atoms with Crippen LogP contribution in [-0.4, -0.2) is 57.4 Å². The standard InChI is InChI=1S/C38H38N2O5/c1-3-8-24-11-7-12-27(36(24)43)32-26-13-14-28-33(29(26)20-30-34(32)31(41)19-22(2)35(30)42)38(45)40(37(28)44)25-15-17-39(18-16-25)21-23-9-5-4-6-10-23/h3-7,9-13,19,25,28-29,32-33,43H,1,8,14-18,20-21H2,2H3/t28-,29+,32+,33-/m0/s1. The molecule has 7 rings (SSSR count). The van der Waals surface area contributed by atoms with Crippen LogP contribution in [0.3, 0.4) is 0 Å². The summed E-state index contributed by atoms with van der Waals surface area (Å²) < 4.78 is 0. The number of allylic oxidation sites excluding steroid dienone is 7. The summed E-state index contributed by atoms with van der Waals surface area (Å²) in [5.74, 6) is -2.78. The number of amides is 2. The number of phenolic OH excluding ortho intramolecular Hbond substituents is 1. The van der Waals surface area contributed by atoms with Gasteiger partial charge in [0, 0.05) is 53.9 Å². The minimum atomic E-state index is -0.663. The van der Waals surface area contributed by atoms with Gasteiger partial charge in [0.05, 0.1) is 11.8 Å². The summed E-state index contributed by atoms with van der Waals surface area (Å²) in [5.41, 5.74) is 4.50. The van der Waals surface area contributed by atoms with Gasteiger partial charge in [-0.2, -0.15) is 0 Å². The molecule has 0 spiro atoms. The number of carbonyl (C=O) groups excluding carboxylic acids is 4. The van der Waals surface area contributed by atoms with Gasteiger partial charge in [0.2, 0.25) is 11.8 Å². The first kappa shape index (κ1) is 29.4. The second kappa shape index (κ2) is 11.5. The fourth-order valence-electron chi connectivity index (χ4n) is 8.46. The maximum atomic E-state index is 14.3. The van der Waals surface area contributed by atoms with Crippen LogP contribution in [0, 0.1) is 17.8 Å². The number of nitrogens with zero attached hydrogens (tertiary/aromatic N) is 2. The highest BCUT2D eigenvalue weighted by atomic mass is 16.3. The highest BCUT2D eigenvalue weighted by Gasteiger charge is 2.57. The first-order chi connectivity index (χ1) is 21.8. The van der Waals surface area contributed by atoms with Crippen molar-refractivity contribution in [3.63, 3.8) is 0 Å². The number of carbonyl (C=O) groups is 4. The molecular weight excluding hydrogens is 564 g/mol. The third kappa shape index (κ3) is 4.85. The lowest BCUT2D eigenvalue weighted by molar-refractivity contribution is -0.144. The second-order valence-electron chi connectivity index (χ2n) is 13.1. The molecule has 2 fully saturated rings. The van der Waals surface area contributed by atoms with E-state index in [0.717, 1.165) is 38.0 Å². The predicted molar refractivity (Wildman–Crippen MR) is 170 cm³/mol. The van der Waals surface area contributed by atoms with Crippen LogP contribution in [0.5, 0.6) is 5.75 Å². The molecule has 5 aliphatic rings. The molecule has 2 aromatic carbocycles. The second-order valence-corrected chi connectivity index (χ2v) is 13.1. The Morgan fingerprint density at radius 1 is 0.956 bits per heavy atom. The summed E-state index contributed by atoms with van der Waals surface area (Å²) in [6.07, 6.45) is 7.66. The molecule has 0 unspecified atom stereocenters. The number of benzene rings is 2. The molecule has 0 saturated carbocycles. The maximum absolute atomic E-state index is 14.3. The van der Waals surface area contributed by atoms with Gasteiger partial charge in [-0.3, -0.25) is 29.0 Å². The molecule has 2 aromatic rings. The van der Waals surface area contributed by atoms with Crippen LogP contribution in [0.2, 0.25) is 0 Å². The molecule has 230 valence electrons. The zero-order valence-electron chi connectivity index (χ0n) is 25.6. The first-order valence-corrected chi connectivity index (χ1v) is 16.0. The zero-order chi connectivity index (χ0) is 31.4. The number of rotatable bonds is 6. The Morgan fingerprint density at radius 2 is 1.71 bits per heavy atom. The average molecular weight is 603 g/mol. The predicted octanol–water partition coefficient (Wildman–Crippen LogP) is 5.21. The van der Waals surface area contributed by atoms with E-state index in [4.69, 9.17) is 0 Å². The minimum absolute atomic E-state index is 0.0714. The monoisotopic (exact) mass is 602 g/mol. The number of likely N-dealkylation sites (tertiary alicyclic amines) is 2. The van der Waals surface area contributed by atoms with Crippen molar-refractivity contribution in [2.24, 2.45) is 17.8 Å². The Bertz CT molecular complexity index is 1710. The van der Waals surface area contributed by atoms with Gasteiger partial charge in [0.25, 0.3) is 0 Å². The largest absolute Gasteiger partial charge is 0.507 e. The van der Waals surface area contributed by atoms with Crippen molar-refractivity contribution in [1.82, 2.24) is 9.80 Å². The number of para-hydroxylation sites is 1. The number of fused-ring (bicyclic) bond motifs is 3. The Hall–Kier alpha value is -4.36. The topological polar surface area (TPSA) is 95.0 Å². The molecule has 7 nitrogen and oxygen atoms in total. The first-order valence-electron chi connectivity index (χ1n) is 16.0. The molecule has 45 heavy (non-hydrogen) atoms. The highest BCUT2D eigenvalue weighted by molar-refractivity contribution is 6.23. The number of Topliss-reactive ketones (excluding diaryl/α,β-unsaturated/α-hetero) is 1. The van der Waals surface area contributed by atoms with Crippen molar-refractivity contribution in [2.45, 2.75) is 57.5 Å². The van der Waals surface area contributed by atoms with E-state index in [0.29, 0.717) is 40.7 Å². The van der Waals surface area contributed by atoms with E-state index in [1.165, 1.54) is 11.6 Å². The van der Waals surface area contributed by atoms with Crippen molar-refractivity contribution >= 4 is 23.4 Å². The maximum Gasteiger partial charge on any atom is 0.233 e. The van der Waals surface area contributed by atoms with E-state index in [-0.39, 0.29) is 41.6 Å². The molecule has 1 N–H and O–H groups in total. The molecule has 7 heteroatoms. The lowest BCUT2D eigenvalue weighted by Gasteiger charge is -2.42. The van der Waals surface area contributed by atoms with Crippen molar-refractivity contribution in [2.75, 3.05) is 13.1 Å². The summed E-state index contributed by atoms with van der Waals surface area (Å²) in [6, 6.07) is 15.6. The molecule has 3 aliphatic carbocycles. The van der Waals surface area contributed by atoms with Gasteiger partial charge in [0.15, 0.2) is 11.6 Å². The van der Waals surface area contributed by atoms with E-state index < -0.39 is 23.7 Å². The summed E-state index contributed by atoms with van der Waals surface area (Å²) in [5, 5.41) is 11.4. The normalized spacial score (nSPS) is 27.2. The van der Waals surface area contributed by atoms with Gasteiger partial charge in [-0.05, 0) is 62.1 Å². The minimum Gasteiger partial charge on any atom is -0.507 e. The molecule has 2 amide bonds. The van der Waals surface area contributed by atoms with Gasteiger partial charge in [0.1, 0.15) is 5.75 Å². The Morgan fingerprint density at radius 3 is 2.44 bits per heavy atom. The number of phenols is 1. The van der Waals surface area contributed by atoms with Gasteiger partial charge in [-0.25, -0.2) is 0 Å². The fourth-order valence-corrected chi connectivity index (χ4v) is 8.46. The van der Waals surface area contributed by atoms with Crippen molar-refractivity contribution in [3.05, 3.63) is 112 Å². The summed E-state index contributed by atoms with van der Waals surface area (Å²) in [6.45, 7) is 7.91. The van der Waals surface area contributed by atoms with Gasteiger partial charge < -0.3 is 5.11 Å². The third-order valence-electron chi connectivity index (χ3n) is 10.6. The zero-order valence-corrected chi connectivity index (χ0v) is 25.6. The van der Waals surface area contributed by atoms with Gasteiger partial charge in [-0.1, -0.05) is 66.3 Å². The molecule has 2 saturated heterocycles. The quantitative estimate of drug-likeness (QED) is 0.277.